The van der Waals surface area contributed by atoms with Crippen molar-refractivity contribution in [2.24, 2.45) is 0 Å². The summed E-state index contributed by atoms with van der Waals surface area (Å²) in [5.41, 5.74) is 0.968. The van der Waals surface area contributed by atoms with Crippen LogP contribution in [0.1, 0.15) is 32.4 Å². The van der Waals surface area contributed by atoms with Crippen LogP contribution in [0.25, 0.3) is 0 Å². The van der Waals surface area contributed by atoms with Crippen molar-refractivity contribution in [3.63, 3.8) is 0 Å². The van der Waals surface area contributed by atoms with Gasteiger partial charge in [-0.25, -0.2) is 14.6 Å². The van der Waals surface area contributed by atoms with E-state index in [0.717, 1.165) is 24.5 Å². The van der Waals surface area contributed by atoms with Gasteiger partial charge in [-0.05, 0) is 32.4 Å². The van der Waals surface area contributed by atoms with E-state index < -0.39 is 0 Å². The molecule has 0 bridgehead atoms. The fourth-order valence-corrected chi connectivity index (χ4v) is 2.13. The quantitative estimate of drug-likeness (QED) is 0.836. The monoisotopic (exact) mass is 302 g/mol. The molecule has 1 N–H and O–H groups in total. The largest absolute Gasteiger partial charge is 0.357 e. The van der Waals surface area contributed by atoms with Crippen molar-refractivity contribution in [2.75, 3.05) is 18.0 Å². The summed E-state index contributed by atoms with van der Waals surface area (Å²) < 4.78 is 1.52. The van der Waals surface area contributed by atoms with Crippen molar-refractivity contribution in [2.45, 2.75) is 33.4 Å². The summed E-state index contributed by atoms with van der Waals surface area (Å²) in [6, 6.07) is 3.58. The Morgan fingerprint density at radius 3 is 2.68 bits per heavy atom. The highest BCUT2D eigenvalue weighted by atomic mass is 16.2. The number of hydrogen-bond donors (Lipinski definition) is 1. The molecule has 0 aliphatic rings. The highest BCUT2D eigenvalue weighted by Crippen LogP contribution is 2.11. The molecule has 2 heterocycles. The maximum atomic E-state index is 12.1. The van der Waals surface area contributed by atoms with E-state index in [-0.39, 0.29) is 11.9 Å². The molecule has 0 unspecified atom stereocenters. The normalized spacial score (nSPS) is 12.0. The minimum absolute atomic E-state index is 0.0988. The average molecular weight is 302 g/mol. The number of nitrogens with one attached hydrogen (secondary N) is 1. The minimum Gasteiger partial charge on any atom is -0.357 e. The van der Waals surface area contributed by atoms with Gasteiger partial charge in [0.15, 0.2) is 0 Å². The first-order chi connectivity index (χ1) is 10.7. The molecule has 0 aliphatic carbocycles. The molecular weight excluding hydrogens is 280 g/mol. The lowest BCUT2D eigenvalue weighted by Gasteiger charge is -2.19. The smallest absolute Gasteiger partial charge is 0.244 e. The Balaban J connectivity index is 1.90. The van der Waals surface area contributed by atoms with Crippen LogP contribution in [0.4, 0.5) is 5.82 Å². The van der Waals surface area contributed by atoms with Gasteiger partial charge in [0.05, 0.1) is 0 Å². The molecule has 7 nitrogen and oxygen atoms in total. The number of aromatic nitrogens is 4. The first kappa shape index (κ1) is 15.9. The molecule has 118 valence electrons. The van der Waals surface area contributed by atoms with Crippen LogP contribution in [0.5, 0.6) is 0 Å². The van der Waals surface area contributed by atoms with E-state index >= 15 is 0 Å². The zero-order valence-electron chi connectivity index (χ0n) is 13.2. The van der Waals surface area contributed by atoms with Gasteiger partial charge >= 0.3 is 0 Å². The Morgan fingerprint density at radius 1 is 1.36 bits per heavy atom. The Labute approximate surface area is 130 Å². The molecule has 2 rings (SSSR count). The van der Waals surface area contributed by atoms with Gasteiger partial charge in [0.2, 0.25) is 5.91 Å². The standard InChI is InChI=1S/C15H22N6O/c1-4-20(5-2)14-7-6-13(8-17-14)9-18-15(22)12(3)21-11-16-10-19-21/h6-8,10-12H,4-5,9H2,1-3H3,(H,18,22)/t12-/m1/s1. The zero-order valence-corrected chi connectivity index (χ0v) is 13.2. The van der Waals surface area contributed by atoms with Crippen LogP contribution in [-0.4, -0.2) is 38.7 Å². The summed E-state index contributed by atoms with van der Waals surface area (Å²) in [5, 5.41) is 6.85. The van der Waals surface area contributed by atoms with Gasteiger partial charge in [0, 0.05) is 25.8 Å². The molecule has 0 radical (unpaired) electrons. The Bertz CT molecular complexity index is 577. The van der Waals surface area contributed by atoms with Crippen LogP contribution in [0.2, 0.25) is 0 Å². The number of carbonyl (C=O) groups excluding carboxylic acids is 1. The van der Waals surface area contributed by atoms with Gasteiger partial charge in [0.25, 0.3) is 0 Å². The Hall–Kier alpha value is -2.44. The van der Waals surface area contributed by atoms with Gasteiger partial charge in [-0.2, -0.15) is 5.10 Å². The molecule has 0 fully saturated rings. The van der Waals surface area contributed by atoms with E-state index in [1.807, 2.05) is 12.1 Å². The van der Waals surface area contributed by atoms with E-state index in [4.69, 9.17) is 0 Å². The fourth-order valence-electron chi connectivity index (χ4n) is 2.13. The van der Waals surface area contributed by atoms with Crippen molar-refractivity contribution < 1.29 is 4.79 Å². The molecule has 0 saturated heterocycles. The first-order valence-corrected chi connectivity index (χ1v) is 7.47. The number of anilines is 1. The maximum Gasteiger partial charge on any atom is 0.244 e. The lowest BCUT2D eigenvalue weighted by Crippen LogP contribution is -2.31. The molecule has 0 saturated carbocycles. The fraction of sp³-hybridized carbons (Fsp3) is 0.467. The van der Waals surface area contributed by atoms with Gasteiger partial charge in [0.1, 0.15) is 24.5 Å². The van der Waals surface area contributed by atoms with Crippen molar-refractivity contribution in [3.05, 3.63) is 36.5 Å². The molecular formula is C15H22N6O. The molecule has 0 aliphatic heterocycles. The average Bonchev–Trinajstić information content (AvgIpc) is 3.08. The van der Waals surface area contributed by atoms with Crippen molar-refractivity contribution in [1.82, 2.24) is 25.1 Å². The van der Waals surface area contributed by atoms with E-state index in [1.165, 1.54) is 17.3 Å². The summed E-state index contributed by atoms with van der Waals surface area (Å²) >= 11 is 0. The molecule has 1 atom stereocenters. The molecule has 22 heavy (non-hydrogen) atoms. The molecule has 7 heteroatoms. The van der Waals surface area contributed by atoms with Crippen LogP contribution in [0.15, 0.2) is 31.0 Å². The Morgan fingerprint density at radius 2 is 2.14 bits per heavy atom. The molecule has 0 aromatic carbocycles. The second-order valence-corrected chi connectivity index (χ2v) is 4.97. The third kappa shape index (κ3) is 3.81. The zero-order chi connectivity index (χ0) is 15.9. The van der Waals surface area contributed by atoms with E-state index in [9.17, 15) is 4.79 Å². The Kier molecular flexibility index (Phi) is 5.46. The first-order valence-electron chi connectivity index (χ1n) is 7.47. The second kappa shape index (κ2) is 7.53. The topological polar surface area (TPSA) is 75.9 Å². The molecule has 2 aromatic heterocycles. The second-order valence-electron chi connectivity index (χ2n) is 4.97. The third-order valence-corrected chi connectivity index (χ3v) is 3.58. The summed E-state index contributed by atoms with van der Waals surface area (Å²) in [5.74, 6) is 0.856. The minimum atomic E-state index is -0.384. The van der Waals surface area contributed by atoms with Crippen molar-refractivity contribution in [1.29, 1.82) is 0 Å². The number of hydrogen-bond acceptors (Lipinski definition) is 5. The lowest BCUT2D eigenvalue weighted by atomic mass is 10.2. The predicted molar refractivity (Wildman–Crippen MR) is 84.4 cm³/mol. The van der Waals surface area contributed by atoms with Gasteiger partial charge in [-0.1, -0.05) is 6.07 Å². The number of carbonyl (C=O) groups is 1. The van der Waals surface area contributed by atoms with Gasteiger partial charge in [-0.3, -0.25) is 4.79 Å². The van der Waals surface area contributed by atoms with Crippen molar-refractivity contribution in [3.8, 4) is 0 Å². The maximum absolute atomic E-state index is 12.1. The lowest BCUT2D eigenvalue weighted by molar-refractivity contribution is -0.124. The highest BCUT2D eigenvalue weighted by molar-refractivity contribution is 5.79. The van der Waals surface area contributed by atoms with E-state index in [0.29, 0.717) is 6.54 Å². The summed E-state index contributed by atoms with van der Waals surface area (Å²) in [6.45, 7) is 8.29. The number of nitrogens with zero attached hydrogens (tertiary/aromatic N) is 5. The molecule has 1 amide bonds. The van der Waals surface area contributed by atoms with Crippen LogP contribution >= 0.6 is 0 Å². The molecule has 2 aromatic rings. The number of amides is 1. The van der Waals surface area contributed by atoms with Gasteiger partial charge < -0.3 is 10.2 Å². The summed E-state index contributed by atoms with van der Waals surface area (Å²) in [4.78, 5) is 22.5. The van der Waals surface area contributed by atoms with Crippen LogP contribution < -0.4 is 10.2 Å². The van der Waals surface area contributed by atoms with Crippen LogP contribution in [0.3, 0.4) is 0 Å². The van der Waals surface area contributed by atoms with E-state index in [2.05, 4.69) is 39.1 Å². The highest BCUT2D eigenvalue weighted by Gasteiger charge is 2.14. The molecule has 0 spiro atoms. The van der Waals surface area contributed by atoms with Crippen LogP contribution in [0, 0.1) is 0 Å². The van der Waals surface area contributed by atoms with E-state index in [1.54, 1.807) is 13.1 Å². The third-order valence-electron chi connectivity index (χ3n) is 3.58. The summed E-state index contributed by atoms with van der Waals surface area (Å²) in [7, 11) is 0. The number of rotatable bonds is 7. The van der Waals surface area contributed by atoms with Crippen molar-refractivity contribution >= 4 is 11.7 Å². The van der Waals surface area contributed by atoms with Crippen LogP contribution in [-0.2, 0) is 11.3 Å². The predicted octanol–water partition coefficient (Wildman–Crippen LogP) is 1.40. The number of pyridine rings is 1. The SMILES string of the molecule is CCN(CC)c1ccc(CNC(=O)[C@@H](C)n2cncn2)cn1. The summed E-state index contributed by atoms with van der Waals surface area (Å²) in [6.07, 6.45) is 4.75. The van der Waals surface area contributed by atoms with Gasteiger partial charge in [-0.15, -0.1) is 0 Å².